The first-order valence-corrected chi connectivity index (χ1v) is 9.29. The number of aromatic carboxylic acids is 1. The van der Waals surface area contributed by atoms with Gasteiger partial charge in [0.05, 0.1) is 12.2 Å². The van der Waals surface area contributed by atoms with Gasteiger partial charge in [-0.05, 0) is 64.5 Å². The van der Waals surface area contributed by atoms with Crippen LogP contribution in [0.1, 0.15) is 56.8 Å². The van der Waals surface area contributed by atoms with Crippen molar-refractivity contribution in [2.75, 3.05) is 19.7 Å². The maximum atomic E-state index is 13.6. The minimum atomic E-state index is -1.29. The number of hydrogen-bond acceptors (Lipinski definition) is 4. The van der Waals surface area contributed by atoms with E-state index >= 15 is 0 Å². The van der Waals surface area contributed by atoms with Gasteiger partial charge in [-0.15, -0.1) is 0 Å². The molecule has 0 bridgehead atoms. The quantitative estimate of drug-likeness (QED) is 0.742. The largest absolute Gasteiger partial charge is 0.493 e. The maximum Gasteiger partial charge on any atom is 0.410 e. The van der Waals surface area contributed by atoms with Crippen molar-refractivity contribution in [3.8, 4) is 5.75 Å². The molecule has 1 aromatic rings. The van der Waals surface area contributed by atoms with Crippen LogP contribution in [-0.4, -0.2) is 47.4 Å². The normalized spacial score (nSPS) is 15.5. The molecule has 150 valence electrons. The first-order chi connectivity index (χ1) is 12.7. The van der Waals surface area contributed by atoms with E-state index in [1.165, 1.54) is 12.1 Å². The molecule has 0 aliphatic carbocycles. The number of likely N-dealkylation sites (tertiary alicyclic amines) is 1. The van der Waals surface area contributed by atoms with Crippen molar-refractivity contribution in [2.24, 2.45) is 5.92 Å². The van der Waals surface area contributed by atoms with E-state index in [1.807, 2.05) is 20.8 Å². The summed E-state index contributed by atoms with van der Waals surface area (Å²) in [6, 6.07) is 3.77. The third kappa shape index (κ3) is 6.73. The van der Waals surface area contributed by atoms with Gasteiger partial charge in [-0.2, -0.15) is 0 Å². The standard InChI is InChI=1S/C20H28FNO5/c1-20(2,3)27-19(25)22-10-8-14(9-11-22)5-4-12-26-15-6-7-16(18(23)24)17(21)13-15/h6-7,13-14H,4-5,8-12H2,1-3H3,(H,23,24). The molecule has 6 nitrogen and oxygen atoms in total. The number of carboxylic acids is 1. The molecule has 0 spiro atoms. The van der Waals surface area contributed by atoms with Crippen molar-refractivity contribution in [2.45, 2.75) is 52.1 Å². The second kappa shape index (κ2) is 9.06. The van der Waals surface area contributed by atoms with Gasteiger partial charge in [0, 0.05) is 19.2 Å². The summed E-state index contributed by atoms with van der Waals surface area (Å²) >= 11 is 0. The maximum absolute atomic E-state index is 13.6. The number of piperidine rings is 1. The van der Waals surface area contributed by atoms with Gasteiger partial charge in [0.25, 0.3) is 0 Å². The molecule has 1 fully saturated rings. The lowest BCUT2D eigenvalue weighted by molar-refractivity contribution is 0.0179. The van der Waals surface area contributed by atoms with Gasteiger partial charge < -0.3 is 19.5 Å². The van der Waals surface area contributed by atoms with E-state index < -0.39 is 17.4 Å². The third-order valence-corrected chi connectivity index (χ3v) is 4.46. The molecule has 1 heterocycles. The van der Waals surface area contributed by atoms with E-state index in [0.29, 0.717) is 31.4 Å². The predicted molar refractivity (Wildman–Crippen MR) is 98.6 cm³/mol. The number of ether oxygens (including phenoxy) is 2. The molecule has 0 aromatic heterocycles. The first-order valence-electron chi connectivity index (χ1n) is 9.29. The highest BCUT2D eigenvalue weighted by atomic mass is 19.1. The van der Waals surface area contributed by atoms with Crippen molar-refractivity contribution in [1.29, 1.82) is 0 Å². The Kier molecular flexibility index (Phi) is 7.05. The number of carbonyl (C=O) groups is 2. The Bertz CT molecular complexity index is 663. The monoisotopic (exact) mass is 381 g/mol. The Labute approximate surface area is 159 Å². The van der Waals surface area contributed by atoms with Crippen LogP contribution in [0.25, 0.3) is 0 Å². The number of carbonyl (C=O) groups excluding carboxylic acids is 1. The SMILES string of the molecule is CC(C)(C)OC(=O)N1CCC(CCCOc2ccc(C(=O)O)c(F)c2)CC1. The van der Waals surface area contributed by atoms with E-state index in [2.05, 4.69) is 0 Å². The summed E-state index contributed by atoms with van der Waals surface area (Å²) in [6.07, 6.45) is 3.40. The molecule has 1 aliphatic heterocycles. The van der Waals surface area contributed by atoms with Crippen LogP contribution in [0.15, 0.2) is 18.2 Å². The summed E-state index contributed by atoms with van der Waals surface area (Å²) < 4.78 is 24.5. The molecule has 0 saturated carbocycles. The Morgan fingerprint density at radius 2 is 1.93 bits per heavy atom. The number of carboxylic acid groups (broad SMARTS) is 1. The highest BCUT2D eigenvalue weighted by molar-refractivity contribution is 5.88. The van der Waals surface area contributed by atoms with E-state index in [-0.39, 0.29) is 11.7 Å². The van der Waals surface area contributed by atoms with Crippen LogP contribution in [0.4, 0.5) is 9.18 Å². The second-order valence-electron chi connectivity index (χ2n) is 7.85. The van der Waals surface area contributed by atoms with E-state index in [4.69, 9.17) is 14.6 Å². The Hall–Kier alpha value is -2.31. The summed E-state index contributed by atoms with van der Waals surface area (Å²) in [6.45, 7) is 7.42. The first kappa shape index (κ1) is 21.0. The van der Waals surface area contributed by atoms with Gasteiger partial charge in [-0.25, -0.2) is 14.0 Å². The topological polar surface area (TPSA) is 76.1 Å². The molecular formula is C20H28FNO5. The number of halogens is 1. The Balaban J connectivity index is 1.67. The lowest BCUT2D eigenvalue weighted by atomic mass is 9.92. The fourth-order valence-electron chi connectivity index (χ4n) is 3.05. The van der Waals surface area contributed by atoms with Gasteiger partial charge in [0.15, 0.2) is 0 Å². The third-order valence-electron chi connectivity index (χ3n) is 4.46. The molecule has 27 heavy (non-hydrogen) atoms. The number of hydrogen-bond donors (Lipinski definition) is 1. The van der Waals surface area contributed by atoms with Gasteiger partial charge in [-0.3, -0.25) is 0 Å². The molecular weight excluding hydrogens is 353 g/mol. The average molecular weight is 381 g/mol. The zero-order valence-corrected chi connectivity index (χ0v) is 16.2. The van der Waals surface area contributed by atoms with Crippen LogP contribution in [0.2, 0.25) is 0 Å². The van der Waals surface area contributed by atoms with Gasteiger partial charge in [0.2, 0.25) is 0 Å². The van der Waals surface area contributed by atoms with Crippen LogP contribution in [0, 0.1) is 11.7 Å². The molecule has 7 heteroatoms. The molecule has 0 unspecified atom stereocenters. The van der Waals surface area contributed by atoms with Crippen LogP contribution in [-0.2, 0) is 4.74 Å². The number of amides is 1. The van der Waals surface area contributed by atoms with Crippen molar-refractivity contribution in [1.82, 2.24) is 4.90 Å². The highest BCUT2D eigenvalue weighted by Gasteiger charge is 2.26. The average Bonchev–Trinajstić information content (AvgIpc) is 2.57. The number of rotatable bonds is 6. The highest BCUT2D eigenvalue weighted by Crippen LogP contribution is 2.24. The summed E-state index contributed by atoms with van der Waals surface area (Å²) in [5.41, 5.74) is -0.841. The van der Waals surface area contributed by atoms with Crippen LogP contribution in [0.3, 0.4) is 0 Å². The summed E-state index contributed by atoms with van der Waals surface area (Å²) in [7, 11) is 0. The van der Waals surface area contributed by atoms with E-state index in [0.717, 1.165) is 31.7 Å². The van der Waals surface area contributed by atoms with Gasteiger partial charge >= 0.3 is 12.1 Å². The minimum Gasteiger partial charge on any atom is -0.493 e. The summed E-state index contributed by atoms with van der Waals surface area (Å²) in [4.78, 5) is 24.6. The van der Waals surface area contributed by atoms with Crippen molar-refractivity contribution in [3.05, 3.63) is 29.6 Å². The van der Waals surface area contributed by atoms with Crippen LogP contribution < -0.4 is 4.74 Å². The lowest BCUT2D eigenvalue weighted by Gasteiger charge is -2.33. The Morgan fingerprint density at radius 1 is 1.26 bits per heavy atom. The fraction of sp³-hybridized carbons (Fsp3) is 0.600. The predicted octanol–water partition coefficient (Wildman–Crippen LogP) is 4.33. The molecule has 1 aliphatic rings. The molecule has 1 saturated heterocycles. The molecule has 0 atom stereocenters. The van der Waals surface area contributed by atoms with Crippen molar-refractivity contribution >= 4 is 12.1 Å². The molecule has 2 rings (SSSR count). The van der Waals surface area contributed by atoms with Crippen molar-refractivity contribution in [3.63, 3.8) is 0 Å². The van der Waals surface area contributed by atoms with E-state index in [9.17, 15) is 14.0 Å². The minimum absolute atomic E-state index is 0.254. The lowest BCUT2D eigenvalue weighted by Crippen LogP contribution is -2.41. The van der Waals surface area contributed by atoms with Crippen LogP contribution in [0.5, 0.6) is 5.75 Å². The van der Waals surface area contributed by atoms with Gasteiger partial charge in [0.1, 0.15) is 17.2 Å². The van der Waals surface area contributed by atoms with Crippen LogP contribution >= 0.6 is 0 Å². The zero-order valence-electron chi connectivity index (χ0n) is 16.2. The Morgan fingerprint density at radius 3 is 2.48 bits per heavy atom. The second-order valence-corrected chi connectivity index (χ2v) is 7.85. The number of benzene rings is 1. The summed E-state index contributed by atoms with van der Waals surface area (Å²) in [5, 5.41) is 8.81. The molecule has 0 radical (unpaired) electrons. The number of nitrogens with zero attached hydrogens (tertiary/aromatic N) is 1. The fourth-order valence-corrected chi connectivity index (χ4v) is 3.05. The smallest absolute Gasteiger partial charge is 0.410 e. The van der Waals surface area contributed by atoms with Gasteiger partial charge in [-0.1, -0.05) is 0 Å². The summed E-state index contributed by atoms with van der Waals surface area (Å²) in [5.74, 6) is -1.23. The molecule has 1 N–H and O–H groups in total. The van der Waals surface area contributed by atoms with Crippen molar-refractivity contribution < 1.29 is 28.6 Å². The van der Waals surface area contributed by atoms with E-state index in [1.54, 1.807) is 4.90 Å². The molecule has 1 aromatic carbocycles. The zero-order chi connectivity index (χ0) is 20.0. The molecule has 1 amide bonds.